The summed E-state index contributed by atoms with van der Waals surface area (Å²) in [5.74, 6) is -0.0809. The summed E-state index contributed by atoms with van der Waals surface area (Å²) < 4.78 is 26.0. The van der Waals surface area contributed by atoms with Gasteiger partial charge in [-0.2, -0.15) is 0 Å². The van der Waals surface area contributed by atoms with Crippen LogP contribution in [0.5, 0.6) is 0 Å². The van der Waals surface area contributed by atoms with Crippen LogP contribution in [-0.4, -0.2) is 35.9 Å². The topological polar surface area (TPSA) is 86.3 Å². The van der Waals surface area contributed by atoms with E-state index in [1.807, 2.05) is 36.9 Å². The number of rotatable bonds is 7. The Morgan fingerprint density at radius 3 is 2.76 bits per heavy atom. The number of thiophene rings is 1. The van der Waals surface area contributed by atoms with E-state index in [9.17, 15) is 13.5 Å². The van der Waals surface area contributed by atoms with Crippen molar-refractivity contribution in [2.75, 3.05) is 17.3 Å². The molecule has 9 heteroatoms. The Bertz CT molecular complexity index is 1240. The van der Waals surface area contributed by atoms with Gasteiger partial charge in [-0.15, -0.1) is 22.7 Å². The van der Waals surface area contributed by atoms with Crippen molar-refractivity contribution in [3.63, 3.8) is 0 Å². The highest BCUT2D eigenvalue weighted by atomic mass is 32.2. The van der Waals surface area contributed by atoms with Crippen LogP contribution in [0.2, 0.25) is 0 Å². The highest BCUT2D eigenvalue weighted by Crippen LogP contribution is 2.35. The molecule has 0 spiro atoms. The van der Waals surface area contributed by atoms with Gasteiger partial charge in [-0.05, 0) is 43.0 Å². The fourth-order valence-electron chi connectivity index (χ4n) is 3.27. The molecule has 0 aliphatic rings. The van der Waals surface area contributed by atoms with E-state index in [0.29, 0.717) is 10.8 Å². The maximum Gasteiger partial charge on any atom is 0.205 e. The lowest BCUT2D eigenvalue weighted by Crippen LogP contribution is -2.29. The van der Waals surface area contributed by atoms with Crippen LogP contribution < -0.4 is 4.90 Å². The minimum Gasteiger partial charge on any atom is -0.391 e. The summed E-state index contributed by atoms with van der Waals surface area (Å²) in [5, 5.41) is 12.9. The minimum absolute atomic E-state index is 0.0354. The Labute approximate surface area is 177 Å². The number of aliphatic hydroxyl groups is 1. The Hall–Kier alpha value is -2.20. The van der Waals surface area contributed by atoms with Gasteiger partial charge in [0.05, 0.1) is 28.4 Å². The first-order valence-electron chi connectivity index (χ1n) is 9.12. The van der Waals surface area contributed by atoms with E-state index in [-0.39, 0.29) is 12.5 Å². The first kappa shape index (κ1) is 20.1. The summed E-state index contributed by atoms with van der Waals surface area (Å²) >= 11 is 2.67. The van der Waals surface area contributed by atoms with E-state index in [4.69, 9.17) is 0 Å². The smallest absolute Gasteiger partial charge is 0.205 e. The molecule has 0 amide bonds. The van der Waals surface area contributed by atoms with Gasteiger partial charge in [-0.1, -0.05) is 12.1 Å². The molecule has 0 bridgehead atoms. The summed E-state index contributed by atoms with van der Waals surface area (Å²) in [6.45, 7) is 4.51. The van der Waals surface area contributed by atoms with E-state index >= 15 is 0 Å². The summed E-state index contributed by atoms with van der Waals surface area (Å²) in [5.41, 5.74) is 3.70. The lowest BCUT2D eigenvalue weighted by molar-refractivity contribution is 0.285. The van der Waals surface area contributed by atoms with Crippen molar-refractivity contribution in [1.82, 2.24) is 9.97 Å². The van der Waals surface area contributed by atoms with E-state index in [2.05, 4.69) is 9.97 Å². The Morgan fingerprint density at radius 2 is 2.10 bits per heavy atom. The molecule has 3 aromatic heterocycles. The van der Waals surface area contributed by atoms with Crippen molar-refractivity contribution in [3.8, 4) is 10.7 Å². The van der Waals surface area contributed by atoms with Crippen LogP contribution in [0.1, 0.15) is 17.4 Å². The molecular weight excluding hydrogens is 426 g/mol. The predicted molar refractivity (Wildman–Crippen MR) is 119 cm³/mol. The maximum atomic E-state index is 12.8. The largest absolute Gasteiger partial charge is 0.391 e. The van der Waals surface area contributed by atoms with Crippen LogP contribution >= 0.6 is 22.7 Å². The van der Waals surface area contributed by atoms with Gasteiger partial charge < -0.3 is 15.0 Å². The molecule has 0 aliphatic heterocycles. The zero-order chi connectivity index (χ0) is 20.6. The van der Waals surface area contributed by atoms with Gasteiger partial charge in [0, 0.05) is 18.1 Å². The standard InChI is InChI=1S/C20H21N3O3S3/c1-3-23(12-29(25,26)18-5-4-8-27-18)17-7-6-13(2)15-9-16(22-19(15)17)20-21-10-14(11-24)28-20/h4-10,22,24H,3,11-12H2,1-2H3. The molecule has 152 valence electrons. The number of aryl methyl sites for hydroxylation is 1. The number of aromatic amines is 1. The molecule has 2 N–H and O–H groups in total. The third-order valence-electron chi connectivity index (χ3n) is 4.78. The monoisotopic (exact) mass is 447 g/mol. The van der Waals surface area contributed by atoms with Gasteiger partial charge >= 0.3 is 0 Å². The van der Waals surface area contributed by atoms with Crippen molar-refractivity contribution in [1.29, 1.82) is 0 Å². The van der Waals surface area contributed by atoms with Crippen LogP contribution in [0.3, 0.4) is 0 Å². The van der Waals surface area contributed by atoms with Gasteiger partial charge in [0.1, 0.15) is 15.1 Å². The van der Waals surface area contributed by atoms with Gasteiger partial charge in [0.15, 0.2) is 0 Å². The average molecular weight is 448 g/mol. The number of hydrogen-bond acceptors (Lipinski definition) is 7. The van der Waals surface area contributed by atoms with Crippen LogP contribution in [0.25, 0.3) is 21.6 Å². The third-order valence-corrected chi connectivity index (χ3v) is 8.91. The highest BCUT2D eigenvalue weighted by molar-refractivity contribution is 7.93. The van der Waals surface area contributed by atoms with Crippen molar-refractivity contribution in [2.24, 2.45) is 0 Å². The number of aliphatic hydroxyl groups excluding tert-OH is 1. The Balaban J connectivity index is 1.77. The first-order chi connectivity index (χ1) is 13.9. The second-order valence-electron chi connectivity index (χ2n) is 6.70. The minimum atomic E-state index is -3.41. The molecule has 4 aromatic rings. The zero-order valence-corrected chi connectivity index (χ0v) is 18.5. The van der Waals surface area contributed by atoms with Crippen LogP contribution in [0.4, 0.5) is 5.69 Å². The van der Waals surface area contributed by atoms with Gasteiger partial charge in [0.2, 0.25) is 9.84 Å². The van der Waals surface area contributed by atoms with Crippen LogP contribution in [0, 0.1) is 6.92 Å². The van der Waals surface area contributed by atoms with Crippen molar-refractivity contribution < 1.29 is 13.5 Å². The molecule has 0 radical (unpaired) electrons. The zero-order valence-electron chi connectivity index (χ0n) is 16.0. The quantitative estimate of drug-likeness (QED) is 0.438. The summed E-state index contributed by atoms with van der Waals surface area (Å²) in [7, 11) is -3.41. The van der Waals surface area contributed by atoms with Crippen molar-refractivity contribution in [3.05, 3.63) is 52.3 Å². The molecule has 6 nitrogen and oxygen atoms in total. The molecule has 0 fully saturated rings. The molecule has 4 rings (SSSR count). The number of thiazole rings is 1. The normalized spacial score (nSPS) is 12.0. The number of anilines is 1. The molecule has 0 aliphatic carbocycles. The number of H-pyrrole nitrogens is 1. The number of benzene rings is 1. The second-order valence-corrected chi connectivity index (χ2v) is 10.9. The van der Waals surface area contributed by atoms with Gasteiger partial charge in [0.25, 0.3) is 0 Å². The van der Waals surface area contributed by atoms with Crippen LogP contribution in [0.15, 0.2) is 46.1 Å². The molecule has 0 unspecified atom stereocenters. The van der Waals surface area contributed by atoms with E-state index < -0.39 is 9.84 Å². The lowest BCUT2D eigenvalue weighted by Gasteiger charge is -2.23. The van der Waals surface area contributed by atoms with Crippen LogP contribution in [-0.2, 0) is 16.4 Å². The van der Waals surface area contributed by atoms with E-state index in [1.165, 1.54) is 22.7 Å². The Kier molecular flexibility index (Phi) is 5.48. The number of fused-ring (bicyclic) bond motifs is 1. The molecule has 0 atom stereocenters. The van der Waals surface area contributed by atoms with Gasteiger partial charge in [-0.3, -0.25) is 0 Å². The second kappa shape index (κ2) is 7.91. The fourth-order valence-corrected chi connectivity index (χ4v) is 6.52. The molecule has 0 saturated carbocycles. The SMILES string of the molecule is CCN(CS(=O)(=O)c1cccs1)c1ccc(C)c2cc(-c3ncc(CO)s3)[nH]c12. The Morgan fingerprint density at radius 1 is 1.28 bits per heavy atom. The van der Waals surface area contributed by atoms with Crippen molar-refractivity contribution >= 4 is 49.1 Å². The third kappa shape index (κ3) is 3.83. The predicted octanol–water partition coefficient (Wildman–Crippen LogP) is 4.41. The molecule has 3 heterocycles. The van der Waals surface area contributed by atoms with Gasteiger partial charge in [-0.25, -0.2) is 13.4 Å². The highest BCUT2D eigenvalue weighted by Gasteiger charge is 2.22. The lowest BCUT2D eigenvalue weighted by atomic mass is 10.1. The molecular formula is C20H21N3O3S3. The van der Waals surface area contributed by atoms with E-state index in [0.717, 1.165) is 37.7 Å². The van der Waals surface area contributed by atoms with Crippen molar-refractivity contribution in [2.45, 2.75) is 24.7 Å². The summed E-state index contributed by atoms with van der Waals surface area (Å²) in [6.07, 6.45) is 1.67. The number of sulfone groups is 1. The maximum absolute atomic E-state index is 12.8. The number of aromatic nitrogens is 2. The fraction of sp³-hybridized carbons (Fsp3) is 0.250. The summed E-state index contributed by atoms with van der Waals surface area (Å²) in [4.78, 5) is 10.5. The molecule has 0 saturated heterocycles. The summed E-state index contributed by atoms with van der Waals surface area (Å²) in [6, 6.07) is 9.41. The molecule has 1 aromatic carbocycles. The first-order valence-corrected chi connectivity index (χ1v) is 12.5. The number of nitrogens with one attached hydrogen (secondary N) is 1. The molecule has 29 heavy (non-hydrogen) atoms. The number of hydrogen-bond donors (Lipinski definition) is 2. The van der Waals surface area contributed by atoms with E-state index in [1.54, 1.807) is 23.7 Å². The average Bonchev–Trinajstić information content (AvgIpc) is 3.46. The number of nitrogens with zero attached hydrogens (tertiary/aromatic N) is 2.